The smallest absolute Gasteiger partial charge is 0.261 e. The molecule has 0 saturated carbocycles. The summed E-state index contributed by atoms with van der Waals surface area (Å²) in [6.45, 7) is 2.19. The summed E-state index contributed by atoms with van der Waals surface area (Å²) >= 11 is 0. The number of aromatic nitrogens is 3. The van der Waals surface area contributed by atoms with Crippen molar-refractivity contribution >= 4 is 16.6 Å². The highest BCUT2D eigenvalue weighted by molar-refractivity contribution is 5.75. The van der Waals surface area contributed by atoms with Crippen molar-refractivity contribution < 1.29 is 4.39 Å². The van der Waals surface area contributed by atoms with Crippen LogP contribution in [0.1, 0.15) is 24.1 Å². The summed E-state index contributed by atoms with van der Waals surface area (Å²) in [6, 6.07) is 13.0. The molecule has 2 aromatic carbocycles. The first-order valence-electron chi connectivity index (χ1n) is 9.33. The first-order chi connectivity index (χ1) is 14.1. The summed E-state index contributed by atoms with van der Waals surface area (Å²) in [6.07, 6.45) is 4.52. The van der Waals surface area contributed by atoms with Crippen LogP contribution in [0.15, 0.2) is 66.0 Å². The minimum absolute atomic E-state index is 0.114. The van der Waals surface area contributed by atoms with E-state index < -0.39 is 0 Å². The number of fused-ring (bicyclic) bond motifs is 2. The van der Waals surface area contributed by atoms with Crippen molar-refractivity contribution in [3.05, 3.63) is 88.5 Å². The molecule has 0 spiro atoms. The van der Waals surface area contributed by atoms with Crippen LogP contribution < -0.4 is 16.4 Å². The number of hydrogen-bond acceptors (Lipinski definition) is 5. The molecule has 1 aliphatic rings. The highest BCUT2D eigenvalue weighted by Crippen LogP contribution is 2.32. The van der Waals surface area contributed by atoms with Crippen molar-refractivity contribution in [3.63, 3.8) is 0 Å². The summed E-state index contributed by atoms with van der Waals surface area (Å²) in [7, 11) is 0. The van der Waals surface area contributed by atoms with Crippen LogP contribution in [0.2, 0.25) is 0 Å². The van der Waals surface area contributed by atoms with Gasteiger partial charge in [-0.15, -0.1) is 0 Å². The first-order valence-corrected chi connectivity index (χ1v) is 9.33. The third-order valence-corrected chi connectivity index (χ3v) is 5.30. The molecule has 1 unspecified atom stereocenters. The zero-order valence-corrected chi connectivity index (χ0v) is 15.7. The number of hydrogen-bond donors (Lipinski definition) is 2. The SMILES string of the molecule is CC1NNc2cc(-c3ccc(Cn4cnc5cnccc5c4=O)c(F)c3)ccc21. The van der Waals surface area contributed by atoms with Gasteiger partial charge in [-0.3, -0.25) is 14.3 Å². The number of benzene rings is 2. The van der Waals surface area contributed by atoms with E-state index in [0.717, 1.165) is 16.8 Å². The van der Waals surface area contributed by atoms with Gasteiger partial charge in [0.2, 0.25) is 0 Å². The molecule has 5 rings (SSSR count). The molecular weight excluding hydrogens is 369 g/mol. The lowest BCUT2D eigenvalue weighted by Crippen LogP contribution is -2.21. The molecule has 7 heteroatoms. The van der Waals surface area contributed by atoms with Gasteiger partial charge in [-0.1, -0.05) is 24.3 Å². The molecule has 1 aliphatic heterocycles. The Hall–Kier alpha value is -3.58. The Bertz CT molecular complexity index is 1300. The van der Waals surface area contributed by atoms with E-state index in [1.165, 1.54) is 28.7 Å². The zero-order chi connectivity index (χ0) is 20.0. The van der Waals surface area contributed by atoms with Crippen LogP contribution in [0.3, 0.4) is 0 Å². The molecule has 2 aromatic heterocycles. The molecule has 29 heavy (non-hydrogen) atoms. The van der Waals surface area contributed by atoms with E-state index in [0.29, 0.717) is 16.5 Å². The topological polar surface area (TPSA) is 71.8 Å². The lowest BCUT2D eigenvalue weighted by Gasteiger charge is -2.10. The molecule has 0 bridgehead atoms. The summed E-state index contributed by atoms with van der Waals surface area (Å²) in [5, 5.41) is 0.466. The fraction of sp³-hybridized carbons (Fsp3) is 0.136. The average Bonchev–Trinajstić information content (AvgIpc) is 3.12. The molecule has 1 atom stereocenters. The Morgan fingerprint density at radius 2 is 1.97 bits per heavy atom. The number of nitrogens with zero attached hydrogens (tertiary/aromatic N) is 3. The summed E-state index contributed by atoms with van der Waals surface area (Å²) < 4.78 is 16.2. The van der Waals surface area contributed by atoms with Gasteiger partial charge in [0.1, 0.15) is 5.82 Å². The molecule has 4 aromatic rings. The maximum Gasteiger partial charge on any atom is 0.261 e. The molecular formula is C22H18FN5O. The van der Waals surface area contributed by atoms with Crippen LogP contribution in [0.25, 0.3) is 22.0 Å². The van der Waals surface area contributed by atoms with Gasteiger partial charge in [-0.05, 0) is 41.8 Å². The monoisotopic (exact) mass is 387 g/mol. The van der Waals surface area contributed by atoms with E-state index in [4.69, 9.17) is 0 Å². The predicted octanol–water partition coefficient (Wildman–Crippen LogP) is 3.64. The number of hydrazine groups is 1. The molecule has 0 amide bonds. The van der Waals surface area contributed by atoms with Gasteiger partial charge in [0.05, 0.1) is 41.7 Å². The Kier molecular flexibility index (Phi) is 4.10. The van der Waals surface area contributed by atoms with Crippen LogP contribution in [0, 0.1) is 5.82 Å². The van der Waals surface area contributed by atoms with E-state index >= 15 is 0 Å². The van der Waals surface area contributed by atoms with Crippen LogP contribution in [-0.4, -0.2) is 14.5 Å². The van der Waals surface area contributed by atoms with Crippen molar-refractivity contribution in [3.8, 4) is 11.1 Å². The summed E-state index contributed by atoms with van der Waals surface area (Å²) in [5.41, 5.74) is 10.9. The fourth-order valence-corrected chi connectivity index (χ4v) is 3.65. The number of pyridine rings is 1. The van der Waals surface area contributed by atoms with Gasteiger partial charge in [-0.25, -0.2) is 14.8 Å². The van der Waals surface area contributed by atoms with E-state index in [9.17, 15) is 9.18 Å². The van der Waals surface area contributed by atoms with Gasteiger partial charge < -0.3 is 5.43 Å². The van der Waals surface area contributed by atoms with Gasteiger partial charge in [0, 0.05) is 11.8 Å². The first kappa shape index (κ1) is 17.5. The molecule has 0 aliphatic carbocycles. The third kappa shape index (κ3) is 3.05. The number of nitrogens with one attached hydrogen (secondary N) is 2. The maximum absolute atomic E-state index is 14.8. The molecule has 0 saturated heterocycles. The van der Waals surface area contributed by atoms with Crippen LogP contribution in [0.4, 0.5) is 10.1 Å². The van der Waals surface area contributed by atoms with Gasteiger partial charge in [0.25, 0.3) is 5.56 Å². The Balaban J connectivity index is 1.46. The number of rotatable bonds is 3. The van der Waals surface area contributed by atoms with E-state index in [1.807, 2.05) is 24.3 Å². The van der Waals surface area contributed by atoms with Gasteiger partial charge in [-0.2, -0.15) is 0 Å². The zero-order valence-electron chi connectivity index (χ0n) is 15.7. The van der Waals surface area contributed by atoms with Crippen molar-refractivity contribution in [1.82, 2.24) is 20.0 Å². The molecule has 144 valence electrons. The van der Waals surface area contributed by atoms with Crippen molar-refractivity contribution in [2.24, 2.45) is 0 Å². The minimum Gasteiger partial charge on any atom is -0.321 e. The highest BCUT2D eigenvalue weighted by Gasteiger charge is 2.18. The largest absolute Gasteiger partial charge is 0.321 e. The standard InChI is InChI=1S/C22H18FN5O/c1-13-17-5-4-15(9-20(17)27-26-13)14-2-3-16(19(23)8-14)11-28-12-25-21-10-24-7-6-18(21)22(28)29/h2-10,12-13,26-27H,11H2,1H3. The van der Waals surface area contributed by atoms with Crippen molar-refractivity contribution in [2.45, 2.75) is 19.5 Å². The summed E-state index contributed by atoms with van der Waals surface area (Å²) in [4.78, 5) is 20.8. The average molecular weight is 387 g/mol. The van der Waals surface area contributed by atoms with Crippen molar-refractivity contribution in [1.29, 1.82) is 0 Å². The Labute approximate surface area is 166 Å². The number of anilines is 1. The Morgan fingerprint density at radius 3 is 2.83 bits per heavy atom. The van der Waals surface area contributed by atoms with Crippen LogP contribution in [-0.2, 0) is 6.54 Å². The summed E-state index contributed by atoms with van der Waals surface area (Å²) in [5.74, 6) is -0.357. The number of halogens is 1. The van der Waals surface area contributed by atoms with E-state index in [2.05, 4.69) is 27.7 Å². The highest BCUT2D eigenvalue weighted by atomic mass is 19.1. The fourth-order valence-electron chi connectivity index (χ4n) is 3.65. The lowest BCUT2D eigenvalue weighted by molar-refractivity contribution is 0.596. The predicted molar refractivity (Wildman–Crippen MR) is 110 cm³/mol. The van der Waals surface area contributed by atoms with Gasteiger partial charge >= 0.3 is 0 Å². The van der Waals surface area contributed by atoms with Gasteiger partial charge in [0.15, 0.2) is 0 Å². The third-order valence-electron chi connectivity index (χ3n) is 5.30. The second-order valence-corrected chi connectivity index (χ2v) is 7.17. The molecule has 0 radical (unpaired) electrons. The van der Waals surface area contributed by atoms with Crippen molar-refractivity contribution in [2.75, 3.05) is 5.43 Å². The Morgan fingerprint density at radius 1 is 1.14 bits per heavy atom. The molecule has 6 nitrogen and oxygen atoms in total. The quantitative estimate of drug-likeness (QED) is 0.562. The lowest BCUT2D eigenvalue weighted by atomic mass is 9.99. The van der Waals surface area contributed by atoms with Crippen LogP contribution >= 0.6 is 0 Å². The van der Waals surface area contributed by atoms with E-state index in [1.54, 1.807) is 18.3 Å². The molecule has 3 heterocycles. The molecule has 2 N–H and O–H groups in total. The second-order valence-electron chi connectivity index (χ2n) is 7.17. The maximum atomic E-state index is 14.8. The second kappa shape index (κ2) is 6.79. The molecule has 0 fully saturated rings. The normalized spacial score (nSPS) is 15.3. The van der Waals surface area contributed by atoms with Crippen LogP contribution in [0.5, 0.6) is 0 Å². The minimum atomic E-state index is -0.357. The van der Waals surface area contributed by atoms with E-state index in [-0.39, 0.29) is 24.0 Å².